The van der Waals surface area contributed by atoms with E-state index in [4.69, 9.17) is 10.5 Å². The van der Waals surface area contributed by atoms with Gasteiger partial charge in [0.05, 0.1) is 28.9 Å². The summed E-state index contributed by atoms with van der Waals surface area (Å²) in [7, 11) is 0. The normalized spacial score (nSPS) is 21.9. The number of hydrogen-bond donors (Lipinski definition) is 1. The summed E-state index contributed by atoms with van der Waals surface area (Å²) in [6, 6.07) is 13.7. The van der Waals surface area contributed by atoms with E-state index in [1.807, 2.05) is 38.1 Å². The van der Waals surface area contributed by atoms with Crippen LogP contribution in [0.3, 0.4) is 0 Å². The van der Waals surface area contributed by atoms with Gasteiger partial charge in [-0.1, -0.05) is 26.0 Å². The molecule has 2 aliphatic rings. The summed E-state index contributed by atoms with van der Waals surface area (Å²) >= 11 is 0. The van der Waals surface area contributed by atoms with E-state index in [9.17, 15) is 10.5 Å². The minimum absolute atomic E-state index is 0.354. The fourth-order valence-corrected chi connectivity index (χ4v) is 5.16. The maximum absolute atomic E-state index is 9.31. The van der Waals surface area contributed by atoms with Crippen LogP contribution in [-0.2, 0) is 4.74 Å². The molecular weight excluding hydrogens is 418 g/mol. The van der Waals surface area contributed by atoms with Gasteiger partial charge in [0, 0.05) is 12.3 Å². The number of hydrogen-bond acceptors (Lipinski definition) is 4. The van der Waals surface area contributed by atoms with Gasteiger partial charge in [0.2, 0.25) is 0 Å². The third-order valence-electron chi connectivity index (χ3n) is 7.16. The molecule has 0 atom stereocenters. The molecule has 0 unspecified atom stereocenters. The Balaban J connectivity index is 0.000000243. The number of allylic oxidation sites excluding steroid dienone is 1. The van der Waals surface area contributed by atoms with Crippen molar-refractivity contribution in [1.82, 2.24) is 0 Å². The second-order valence-corrected chi connectivity index (χ2v) is 9.89. The van der Waals surface area contributed by atoms with E-state index in [1.165, 1.54) is 38.5 Å². The lowest BCUT2D eigenvalue weighted by molar-refractivity contribution is -0.0330. The Hall–Kier alpha value is -3.08. The Bertz CT molecular complexity index is 1120. The molecule has 1 aliphatic carbocycles. The first-order valence-electron chi connectivity index (χ1n) is 12.5. The van der Waals surface area contributed by atoms with E-state index in [2.05, 4.69) is 32.1 Å². The second kappa shape index (κ2) is 11.4. The molecule has 2 aromatic rings. The van der Waals surface area contributed by atoms with Crippen LogP contribution in [-0.4, -0.2) is 12.2 Å². The van der Waals surface area contributed by atoms with Gasteiger partial charge in [-0.3, -0.25) is 0 Å². The Morgan fingerprint density at radius 3 is 2.38 bits per heavy atom. The van der Waals surface area contributed by atoms with Crippen molar-refractivity contribution in [3.8, 4) is 12.1 Å². The third kappa shape index (κ3) is 6.07. The standard InChI is InChI=1S/C20H19N3.C10H18O/c1-4-5-19(16-7-15(11-21)8-18(23)9-16)20-10-17(12-22)13(2)6-14(20)3;1-9-3-6-10(7-4-9)5-2-8-11-10/h5-10H,4,23H2,1-3H3;9H,2-8H2,1H3/b19-5-;. The summed E-state index contributed by atoms with van der Waals surface area (Å²) in [5.41, 5.74) is 13.0. The topological polar surface area (TPSA) is 82.8 Å². The van der Waals surface area contributed by atoms with Crippen LogP contribution in [0.1, 0.15) is 92.2 Å². The van der Waals surface area contributed by atoms with Crippen molar-refractivity contribution in [1.29, 1.82) is 10.5 Å². The quantitative estimate of drug-likeness (QED) is 0.495. The fourth-order valence-electron chi connectivity index (χ4n) is 5.16. The molecule has 0 aromatic heterocycles. The van der Waals surface area contributed by atoms with E-state index in [-0.39, 0.29) is 0 Å². The lowest BCUT2D eigenvalue weighted by atomic mass is 9.78. The molecule has 4 rings (SSSR count). The van der Waals surface area contributed by atoms with Gasteiger partial charge in [-0.2, -0.15) is 10.5 Å². The number of ether oxygens (including phenoxy) is 1. The SMILES string of the molecule is CC/C=C(/c1cc(N)cc(C#N)c1)c1cc(C#N)c(C)cc1C.CC1CCC2(CCCO2)CC1. The van der Waals surface area contributed by atoms with Crippen molar-refractivity contribution in [3.63, 3.8) is 0 Å². The lowest BCUT2D eigenvalue weighted by Gasteiger charge is -2.35. The Labute approximate surface area is 205 Å². The Morgan fingerprint density at radius 2 is 1.79 bits per heavy atom. The van der Waals surface area contributed by atoms with Crippen molar-refractivity contribution < 1.29 is 4.74 Å². The molecule has 34 heavy (non-hydrogen) atoms. The number of nitriles is 2. The van der Waals surface area contributed by atoms with Gasteiger partial charge in [-0.15, -0.1) is 0 Å². The minimum Gasteiger partial charge on any atom is -0.399 e. The van der Waals surface area contributed by atoms with Crippen molar-refractivity contribution in [3.05, 3.63) is 69.8 Å². The summed E-state index contributed by atoms with van der Waals surface area (Å²) < 4.78 is 5.83. The number of rotatable bonds is 3. The van der Waals surface area contributed by atoms with Crippen LogP contribution >= 0.6 is 0 Å². The van der Waals surface area contributed by atoms with Crippen LogP contribution < -0.4 is 5.73 Å². The average Bonchev–Trinajstić information content (AvgIpc) is 3.28. The van der Waals surface area contributed by atoms with Gasteiger partial charge < -0.3 is 10.5 Å². The zero-order valence-corrected chi connectivity index (χ0v) is 21.1. The lowest BCUT2D eigenvalue weighted by Crippen LogP contribution is -2.32. The van der Waals surface area contributed by atoms with Crippen LogP contribution in [0.4, 0.5) is 5.69 Å². The molecule has 1 saturated heterocycles. The molecule has 2 aromatic carbocycles. The molecule has 2 fully saturated rings. The van der Waals surface area contributed by atoms with E-state index >= 15 is 0 Å². The molecule has 1 heterocycles. The van der Waals surface area contributed by atoms with Crippen LogP contribution in [0.15, 0.2) is 36.4 Å². The second-order valence-electron chi connectivity index (χ2n) is 9.89. The predicted octanol–water partition coefficient (Wildman–Crippen LogP) is 7.22. The van der Waals surface area contributed by atoms with E-state index in [0.717, 1.165) is 46.8 Å². The number of aryl methyl sites for hydroxylation is 2. The number of nitrogens with zero attached hydrogens (tertiary/aromatic N) is 2. The van der Waals surface area contributed by atoms with Crippen molar-refractivity contribution in [2.75, 3.05) is 12.3 Å². The number of benzene rings is 2. The molecule has 0 radical (unpaired) electrons. The molecule has 0 amide bonds. The van der Waals surface area contributed by atoms with Crippen LogP contribution in [0.2, 0.25) is 0 Å². The molecule has 178 valence electrons. The zero-order valence-electron chi connectivity index (χ0n) is 21.1. The van der Waals surface area contributed by atoms with Gasteiger partial charge in [0.1, 0.15) is 0 Å². The smallest absolute Gasteiger partial charge is 0.0994 e. The number of anilines is 1. The monoisotopic (exact) mass is 455 g/mol. The largest absolute Gasteiger partial charge is 0.399 e. The van der Waals surface area contributed by atoms with Gasteiger partial charge in [0.25, 0.3) is 0 Å². The molecular formula is C30H37N3O. The van der Waals surface area contributed by atoms with E-state index in [1.54, 1.807) is 6.07 Å². The van der Waals surface area contributed by atoms with Gasteiger partial charge >= 0.3 is 0 Å². The summed E-state index contributed by atoms with van der Waals surface area (Å²) in [4.78, 5) is 0. The average molecular weight is 456 g/mol. The molecule has 1 saturated carbocycles. The highest BCUT2D eigenvalue weighted by atomic mass is 16.5. The van der Waals surface area contributed by atoms with Crippen molar-refractivity contribution in [2.45, 2.75) is 78.2 Å². The van der Waals surface area contributed by atoms with Crippen LogP contribution in [0.25, 0.3) is 5.57 Å². The molecule has 4 heteroatoms. The van der Waals surface area contributed by atoms with E-state index in [0.29, 0.717) is 22.4 Å². The van der Waals surface area contributed by atoms with Crippen molar-refractivity contribution >= 4 is 11.3 Å². The van der Waals surface area contributed by atoms with Crippen LogP contribution in [0, 0.1) is 42.4 Å². The van der Waals surface area contributed by atoms with Gasteiger partial charge in [-0.05, 0) is 117 Å². The highest BCUT2D eigenvalue weighted by Gasteiger charge is 2.37. The van der Waals surface area contributed by atoms with E-state index < -0.39 is 0 Å². The number of nitrogen functional groups attached to an aromatic ring is 1. The van der Waals surface area contributed by atoms with Gasteiger partial charge in [0.15, 0.2) is 0 Å². The predicted molar refractivity (Wildman–Crippen MR) is 139 cm³/mol. The first-order valence-corrected chi connectivity index (χ1v) is 12.5. The Kier molecular flexibility index (Phi) is 8.54. The molecule has 4 nitrogen and oxygen atoms in total. The number of nitrogens with two attached hydrogens (primary N) is 1. The highest BCUT2D eigenvalue weighted by Crippen LogP contribution is 2.41. The summed E-state index contributed by atoms with van der Waals surface area (Å²) in [5, 5.41) is 18.5. The summed E-state index contributed by atoms with van der Waals surface area (Å²) in [6.45, 7) is 9.42. The molecule has 2 N–H and O–H groups in total. The minimum atomic E-state index is 0.354. The van der Waals surface area contributed by atoms with Crippen molar-refractivity contribution in [2.24, 2.45) is 5.92 Å². The third-order valence-corrected chi connectivity index (χ3v) is 7.16. The van der Waals surface area contributed by atoms with Crippen LogP contribution in [0.5, 0.6) is 0 Å². The molecule has 1 spiro atoms. The maximum Gasteiger partial charge on any atom is 0.0994 e. The molecule has 0 bridgehead atoms. The highest BCUT2D eigenvalue weighted by molar-refractivity contribution is 5.84. The Morgan fingerprint density at radius 1 is 1.06 bits per heavy atom. The molecule has 1 aliphatic heterocycles. The fraction of sp³-hybridized carbons (Fsp3) is 0.467. The summed E-state index contributed by atoms with van der Waals surface area (Å²) in [6.07, 6.45) is 11.0. The first-order chi connectivity index (χ1) is 16.3. The zero-order chi connectivity index (χ0) is 24.7. The maximum atomic E-state index is 9.31. The first kappa shape index (κ1) is 25.5. The van der Waals surface area contributed by atoms with Gasteiger partial charge in [-0.25, -0.2) is 0 Å². The summed E-state index contributed by atoms with van der Waals surface area (Å²) in [5.74, 6) is 0.949.